The highest BCUT2D eigenvalue weighted by Crippen LogP contribution is 2.41. The van der Waals surface area contributed by atoms with Crippen LogP contribution in [0.2, 0.25) is 0 Å². The second kappa shape index (κ2) is 5.09. The Morgan fingerprint density at radius 1 is 1.25 bits per heavy atom. The van der Waals surface area contributed by atoms with Crippen molar-refractivity contribution in [2.24, 2.45) is 0 Å². The molecule has 1 saturated carbocycles. The summed E-state index contributed by atoms with van der Waals surface area (Å²) >= 11 is 6.23. The largest absolute Gasteiger partial charge is 0.497 e. The maximum absolute atomic E-state index is 6.23. The molecule has 1 aromatic carbocycles. The SMILES string of the molecule is COc1cccc(C2(CCl)CCCCC2)c1. The van der Waals surface area contributed by atoms with Gasteiger partial charge in [-0.2, -0.15) is 0 Å². The zero-order valence-electron chi connectivity index (χ0n) is 9.84. The van der Waals surface area contributed by atoms with Gasteiger partial charge in [0.25, 0.3) is 0 Å². The fourth-order valence-electron chi connectivity index (χ4n) is 2.68. The van der Waals surface area contributed by atoms with E-state index < -0.39 is 0 Å². The lowest BCUT2D eigenvalue weighted by atomic mass is 9.71. The summed E-state index contributed by atoms with van der Waals surface area (Å²) in [7, 11) is 1.72. The Morgan fingerprint density at radius 2 is 2.00 bits per heavy atom. The second-order valence-electron chi connectivity index (χ2n) is 4.71. The van der Waals surface area contributed by atoms with Crippen LogP contribution < -0.4 is 4.74 Å². The average molecular weight is 239 g/mol. The van der Waals surface area contributed by atoms with Gasteiger partial charge >= 0.3 is 0 Å². The molecule has 1 aliphatic carbocycles. The number of methoxy groups -OCH3 is 1. The molecule has 1 aromatic rings. The van der Waals surface area contributed by atoms with Gasteiger partial charge in [-0.25, -0.2) is 0 Å². The molecule has 0 radical (unpaired) electrons. The van der Waals surface area contributed by atoms with Crippen molar-refractivity contribution in [3.63, 3.8) is 0 Å². The van der Waals surface area contributed by atoms with Gasteiger partial charge in [-0.3, -0.25) is 0 Å². The van der Waals surface area contributed by atoms with Gasteiger partial charge < -0.3 is 4.74 Å². The van der Waals surface area contributed by atoms with Gasteiger partial charge in [-0.15, -0.1) is 11.6 Å². The highest BCUT2D eigenvalue weighted by molar-refractivity contribution is 6.18. The molecular weight excluding hydrogens is 220 g/mol. The average Bonchev–Trinajstić information content (AvgIpc) is 2.39. The lowest BCUT2D eigenvalue weighted by molar-refractivity contribution is 0.322. The molecule has 0 saturated heterocycles. The van der Waals surface area contributed by atoms with Crippen molar-refractivity contribution in [1.29, 1.82) is 0 Å². The molecule has 0 amide bonds. The Morgan fingerprint density at radius 3 is 2.62 bits per heavy atom. The third-order valence-corrected chi connectivity index (χ3v) is 4.26. The molecule has 0 bridgehead atoms. The van der Waals surface area contributed by atoms with Gasteiger partial charge in [0.1, 0.15) is 5.75 Å². The zero-order chi connectivity index (χ0) is 11.4. The van der Waals surface area contributed by atoms with E-state index in [1.165, 1.54) is 37.7 Å². The van der Waals surface area contributed by atoms with E-state index in [4.69, 9.17) is 16.3 Å². The zero-order valence-corrected chi connectivity index (χ0v) is 10.6. The maximum Gasteiger partial charge on any atom is 0.119 e. The predicted molar refractivity (Wildman–Crippen MR) is 68.5 cm³/mol. The van der Waals surface area contributed by atoms with Crippen molar-refractivity contribution in [2.75, 3.05) is 13.0 Å². The van der Waals surface area contributed by atoms with Gasteiger partial charge in [0.2, 0.25) is 0 Å². The molecule has 1 aliphatic rings. The van der Waals surface area contributed by atoms with Crippen LogP contribution in [-0.2, 0) is 5.41 Å². The number of rotatable bonds is 3. The van der Waals surface area contributed by atoms with Gasteiger partial charge in [0, 0.05) is 11.3 Å². The smallest absolute Gasteiger partial charge is 0.119 e. The van der Waals surface area contributed by atoms with E-state index in [9.17, 15) is 0 Å². The number of ether oxygens (including phenoxy) is 1. The third-order valence-electron chi connectivity index (χ3n) is 3.75. The van der Waals surface area contributed by atoms with Crippen molar-refractivity contribution in [2.45, 2.75) is 37.5 Å². The first kappa shape index (κ1) is 11.8. The van der Waals surface area contributed by atoms with Gasteiger partial charge in [0.15, 0.2) is 0 Å². The molecule has 1 fully saturated rings. The van der Waals surface area contributed by atoms with Crippen molar-refractivity contribution >= 4 is 11.6 Å². The molecule has 0 heterocycles. The standard InChI is InChI=1S/C14H19ClO/c1-16-13-7-5-6-12(10-13)14(11-15)8-3-2-4-9-14/h5-7,10H,2-4,8-9,11H2,1H3. The van der Waals surface area contributed by atoms with Crippen LogP contribution in [0.1, 0.15) is 37.7 Å². The van der Waals surface area contributed by atoms with E-state index in [-0.39, 0.29) is 5.41 Å². The van der Waals surface area contributed by atoms with Gasteiger partial charge in [0.05, 0.1) is 7.11 Å². The van der Waals surface area contributed by atoms with Crippen molar-refractivity contribution in [3.05, 3.63) is 29.8 Å². The van der Waals surface area contributed by atoms with E-state index in [1.54, 1.807) is 7.11 Å². The Bertz CT molecular complexity index is 342. The second-order valence-corrected chi connectivity index (χ2v) is 4.97. The van der Waals surface area contributed by atoms with Crippen LogP contribution in [0.25, 0.3) is 0 Å². The highest BCUT2D eigenvalue weighted by atomic mass is 35.5. The molecule has 16 heavy (non-hydrogen) atoms. The number of alkyl halides is 1. The van der Waals surface area contributed by atoms with Crippen molar-refractivity contribution in [3.8, 4) is 5.75 Å². The Labute approximate surface area is 103 Å². The Kier molecular flexibility index (Phi) is 3.75. The molecule has 88 valence electrons. The lowest BCUT2D eigenvalue weighted by Crippen LogP contribution is -2.30. The number of benzene rings is 1. The summed E-state index contributed by atoms with van der Waals surface area (Å²) in [6.45, 7) is 0. The van der Waals surface area contributed by atoms with Crippen LogP contribution in [-0.4, -0.2) is 13.0 Å². The molecule has 0 aliphatic heterocycles. The van der Waals surface area contributed by atoms with Crippen molar-refractivity contribution in [1.82, 2.24) is 0 Å². The van der Waals surface area contributed by atoms with E-state index in [0.29, 0.717) is 0 Å². The monoisotopic (exact) mass is 238 g/mol. The van der Waals surface area contributed by atoms with Crippen LogP contribution in [0, 0.1) is 0 Å². The fraction of sp³-hybridized carbons (Fsp3) is 0.571. The lowest BCUT2D eigenvalue weighted by Gasteiger charge is -2.36. The fourth-order valence-corrected chi connectivity index (χ4v) is 3.10. The molecule has 0 unspecified atom stereocenters. The number of hydrogen-bond acceptors (Lipinski definition) is 1. The summed E-state index contributed by atoms with van der Waals surface area (Å²) in [4.78, 5) is 0. The summed E-state index contributed by atoms with van der Waals surface area (Å²) in [5.41, 5.74) is 1.54. The molecule has 0 atom stereocenters. The van der Waals surface area contributed by atoms with Crippen LogP contribution >= 0.6 is 11.6 Å². The molecule has 1 nitrogen and oxygen atoms in total. The molecule has 2 heteroatoms. The Balaban J connectivity index is 2.31. The van der Waals surface area contributed by atoms with Gasteiger partial charge in [-0.1, -0.05) is 31.4 Å². The first-order valence-electron chi connectivity index (χ1n) is 6.01. The quantitative estimate of drug-likeness (QED) is 0.720. The highest BCUT2D eigenvalue weighted by Gasteiger charge is 2.33. The first-order valence-corrected chi connectivity index (χ1v) is 6.55. The molecule has 2 rings (SSSR count). The minimum Gasteiger partial charge on any atom is -0.497 e. The molecule has 0 aromatic heterocycles. The van der Waals surface area contributed by atoms with E-state index in [1.807, 2.05) is 6.07 Å². The normalized spacial score (nSPS) is 19.4. The van der Waals surface area contributed by atoms with Crippen LogP contribution in [0.4, 0.5) is 0 Å². The number of hydrogen-bond donors (Lipinski definition) is 0. The van der Waals surface area contributed by atoms with Crippen LogP contribution in [0.5, 0.6) is 5.75 Å². The number of halogens is 1. The van der Waals surface area contributed by atoms with Gasteiger partial charge in [-0.05, 0) is 30.5 Å². The summed E-state index contributed by atoms with van der Waals surface area (Å²) in [6, 6.07) is 8.40. The minimum absolute atomic E-state index is 0.189. The molecule has 0 N–H and O–H groups in total. The third kappa shape index (κ3) is 2.20. The van der Waals surface area contributed by atoms with E-state index >= 15 is 0 Å². The summed E-state index contributed by atoms with van der Waals surface area (Å²) in [6.07, 6.45) is 6.36. The summed E-state index contributed by atoms with van der Waals surface area (Å²) < 4.78 is 5.29. The molecule has 0 spiro atoms. The van der Waals surface area contributed by atoms with Crippen LogP contribution in [0.15, 0.2) is 24.3 Å². The Hall–Kier alpha value is -0.690. The minimum atomic E-state index is 0.189. The topological polar surface area (TPSA) is 9.23 Å². The maximum atomic E-state index is 6.23. The first-order chi connectivity index (χ1) is 7.80. The van der Waals surface area contributed by atoms with E-state index in [2.05, 4.69) is 18.2 Å². The van der Waals surface area contributed by atoms with Crippen molar-refractivity contribution < 1.29 is 4.74 Å². The van der Waals surface area contributed by atoms with E-state index in [0.717, 1.165) is 11.6 Å². The predicted octanol–water partition coefficient (Wildman–Crippen LogP) is 4.14. The summed E-state index contributed by atoms with van der Waals surface area (Å²) in [5.74, 6) is 1.66. The summed E-state index contributed by atoms with van der Waals surface area (Å²) in [5, 5.41) is 0. The molecular formula is C14H19ClO. The van der Waals surface area contributed by atoms with Crippen LogP contribution in [0.3, 0.4) is 0 Å².